The minimum Gasteiger partial charge on any atom is -0.456 e. The van der Waals surface area contributed by atoms with Crippen molar-refractivity contribution in [1.82, 2.24) is 0 Å². The summed E-state index contributed by atoms with van der Waals surface area (Å²) in [5.74, 6) is 1.07. The molecule has 23 heavy (non-hydrogen) atoms. The van der Waals surface area contributed by atoms with Crippen LogP contribution in [0, 0.1) is 12.3 Å². The van der Waals surface area contributed by atoms with Crippen LogP contribution in [0.25, 0.3) is 22.3 Å². The fourth-order valence-electron chi connectivity index (χ4n) is 2.54. The Morgan fingerprint density at radius 2 is 1.91 bits per heavy atom. The fourth-order valence-corrected chi connectivity index (χ4v) is 3.09. The lowest BCUT2D eigenvalue weighted by atomic mass is 10.0. The van der Waals surface area contributed by atoms with Gasteiger partial charge < -0.3 is 10.2 Å². The van der Waals surface area contributed by atoms with Crippen LogP contribution in [0.5, 0.6) is 0 Å². The normalized spacial score (nSPS) is 10.8. The van der Waals surface area contributed by atoms with Gasteiger partial charge in [-0.25, -0.2) is 0 Å². The van der Waals surface area contributed by atoms with Gasteiger partial charge in [0.2, 0.25) is 0 Å². The lowest BCUT2D eigenvalue weighted by molar-refractivity contribution is 0.614. The van der Waals surface area contributed by atoms with E-state index in [9.17, 15) is 4.79 Å². The number of nitrogens with one attached hydrogen (secondary N) is 1. The van der Waals surface area contributed by atoms with E-state index in [0.29, 0.717) is 28.0 Å². The molecular weight excluding hydrogens is 308 g/mol. The molecule has 4 nitrogen and oxygen atoms in total. The van der Waals surface area contributed by atoms with Crippen LogP contribution >= 0.6 is 11.8 Å². The van der Waals surface area contributed by atoms with Crippen molar-refractivity contribution in [2.75, 3.05) is 0 Å². The number of rotatable bonds is 3. The SMILES string of the molecule is Cc1c(-c2ccccc2)oc2cccc(CSC(=N)N)c2c1=O. The minimum atomic E-state index is -0.0372. The zero-order valence-electron chi connectivity index (χ0n) is 12.6. The van der Waals surface area contributed by atoms with Crippen molar-refractivity contribution < 1.29 is 4.42 Å². The molecule has 0 amide bonds. The fraction of sp³-hybridized carbons (Fsp3) is 0.111. The average molecular weight is 324 g/mol. The number of fused-ring (bicyclic) bond motifs is 1. The molecule has 0 saturated carbocycles. The largest absolute Gasteiger partial charge is 0.456 e. The summed E-state index contributed by atoms with van der Waals surface area (Å²) < 4.78 is 6.01. The zero-order valence-corrected chi connectivity index (χ0v) is 13.4. The van der Waals surface area contributed by atoms with Gasteiger partial charge in [-0.3, -0.25) is 10.2 Å². The molecule has 1 aromatic heterocycles. The molecule has 3 aromatic rings. The summed E-state index contributed by atoms with van der Waals surface area (Å²) in [6.45, 7) is 1.78. The second-order valence-electron chi connectivity index (χ2n) is 5.19. The molecular formula is C18H16N2O2S. The van der Waals surface area contributed by atoms with Crippen LogP contribution < -0.4 is 11.2 Å². The third-order valence-corrected chi connectivity index (χ3v) is 4.42. The van der Waals surface area contributed by atoms with Crippen molar-refractivity contribution in [3.8, 4) is 11.3 Å². The van der Waals surface area contributed by atoms with E-state index in [1.54, 1.807) is 13.0 Å². The first-order valence-electron chi connectivity index (χ1n) is 7.15. The molecule has 0 saturated heterocycles. The van der Waals surface area contributed by atoms with Crippen molar-refractivity contribution in [2.24, 2.45) is 5.73 Å². The second-order valence-corrected chi connectivity index (χ2v) is 6.21. The van der Waals surface area contributed by atoms with Crippen molar-refractivity contribution in [3.05, 3.63) is 69.9 Å². The highest BCUT2D eigenvalue weighted by atomic mass is 32.2. The van der Waals surface area contributed by atoms with Gasteiger partial charge in [-0.1, -0.05) is 54.2 Å². The molecule has 2 aromatic carbocycles. The van der Waals surface area contributed by atoms with E-state index in [1.165, 1.54) is 11.8 Å². The van der Waals surface area contributed by atoms with Gasteiger partial charge in [0.05, 0.1) is 5.39 Å². The standard InChI is InChI=1S/C18H16N2O2S/c1-11-16(21)15-13(10-23-18(19)20)8-5-9-14(15)22-17(11)12-6-3-2-4-7-12/h2-9H,10H2,1H3,(H3,19,20). The number of amidine groups is 1. The number of nitrogens with two attached hydrogens (primary N) is 1. The van der Waals surface area contributed by atoms with Gasteiger partial charge in [0.1, 0.15) is 11.3 Å². The Labute approximate surface area is 137 Å². The molecule has 0 radical (unpaired) electrons. The zero-order chi connectivity index (χ0) is 16.4. The predicted molar refractivity (Wildman–Crippen MR) is 95.9 cm³/mol. The molecule has 0 fully saturated rings. The van der Waals surface area contributed by atoms with Crippen LogP contribution in [0.3, 0.4) is 0 Å². The van der Waals surface area contributed by atoms with Crippen LogP contribution in [0.2, 0.25) is 0 Å². The van der Waals surface area contributed by atoms with Gasteiger partial charge in [-0.2, -0.15) is 0 Å². The molecule has 0 atom stereocenters. The van der Waals surface area contributed by atoms with Crippen LogP contribution in [-0.4, -0.2) is 5.17 Å². The van der Waals surface area contributed by atoms with E-state index >= 15 is 0 Å². The number of hydrogen-bond acceptors (Lipinski definition) is 4. The Bertz CT molecular complexity index is 933. The summed E-state index contributed by atoms with van der Waals surface area (Å²) in [7, 11) is 0. The van der Waals surface area contributed by atoms with Crippen LogP contribution in [0.4, 0.5) is 0 Å². The molecule has 3 rings (SSSR count). The van der Waals surface area contributed by atoms with Gasteiger partial charge in [-0.15, -0.1) is 0 Å². The smallest absolute Gasteiger partial charge is 0.196 e. The monoisotopic (exact) mass is 324 g/mol. The maximum atomic E-state index is 12.8. The van der Waals surface area contributed by atoms with Crippen LogP contribution in [0.15, 0.2) is 57.7 Å². The Morgan fingerprint density at radius 3 is 2.61 bits per heavy atom. The number of benzene rings is 2. The number of thioether (sulfide) groups is 1. The Hall–Kier alpha value is -2.53. The van der Waals surface area contributed by atoms with Gasteiger partial charge in [0.15, 0.2) is 10.6 Å². The third kappa shape index (κ3) is 3.00. The average Bonchev–Trinajstić information content (AvgIpc) is 2.56. The molecule has 0 spiro atoms. The van der Waals surface area contributed by atoms with Gasteiger partial charge in [-0.05, 0) is 18.6 Å². The van der Waals surface area contributed by atoms with E-state index in [1.807, 2.05) is 42.5 Å². The molecule has 0 aliphatic heterocycles. The Balaban J connectivity index is 2.21. The molecule has 0 bridgehead atoms. The lowest BCUT2D eigenvalue weighted by Crippen LogP contribution is -2.10. The maximum Gasteiger partial charge on any atom is 0.196 e. The third-order valence-electron chi connectivity index (χ3n) is 3.65. The van der Waals surface area contributed by atoms with E-state index in [0.717, 1.165) is 11.1 Å². The van der Waals surface area contributed by atoms with E-state index < -0.39 is 0 Å². The molecule has 0 unspecified atom stereocenters. The van der Waals surface area contributed by atoms with Crippen molar-refractivity contribution in [3.63, 3.8) is 0 Å². The van der Waals surface area contributed by atoms with Crippen molar-refractivity contribution >= 4 is 27.9 Å². The highest BCUT2D eigenvalue weighted by Gasteiger charge is 2.15. The summed E-state index contributed by atoms with van der Waals surface area (Å²) >= 11 is 1.19. The molecule has 116 valence electrons. The second kappa shape index (κ2) is 6.30. The van der Waals surface area contributed by atoms with Gasteiger partial charge in [0, 0.05) is 16.9 Å². The summed E-state index contributed by atoms with van der Waals surface area (Å²) in [4.78, 5) is 12.8. The molecule has 1 heterocycles. The summed E-state index contributed by atoms with van der Waals surface area (Å²) in [6.07, 6.45) is 0. The van der Waals surface area contributed by atoms with E-state index in [2.05, 4.69) is 0 Å². The first-order valence-corrected chi connectivity index (χ1v) is 8.14. The molecule has 3 N–H and O–H groups in total. The van der Waals surface area contributed by atoms with Gasteiger partial charge in [0.25, 0.3) is 0 Å². The predicted octanol–water partition coefficient (Wildman–Crippen LogP) is 3.90. The first-order chi connectivity index (χ1) is 11.1. The molecule has 0 aliphatic rings. The van der Waals surface area contributed by atoms with Crippen molar-refractivity contribution in [1.29, 1.82) is 5.41 Å². The van der Waals surface area contributed by atoms with Gasteiger partial charge >= 0.3 is 0 Å². The highest BCUT2D eigenvalue weighted by molar-refractivity contribution is 8.13. The summed E-state index contributed by atoms with van der Waals surface area (Å²) in [5.41, 5.74) is 8.22. The summed E-state index contributed by atoms with van der Waals surface area (Å²) in [6, 6.07) is 15.1. The van der Waals surface area contributed by atoms with Crippen LogP contribution in [-0.2, 0) is 5.75 Å². The lowest BCUT2D eigenvalue weighted by Gasteiger charge is -2.10. The van der Waals surface area contributed by atoms with E-state index in [4.69, 9.17) is 15.6 Å². The van der Waals surface area contributed by atoms with Crippen molar-refractivity contribution in [2.45, 2.75) is 12.7 Å². The molecule has 0 aliphatic carbocycles. The summed E-state index contributed by atoms with van der Waals surface area (Å²) in [5, 5.41) is 7.93. The minimum absolute atomic E-state index is 0.0315. The quantitative estimate of drug-likeness (QED) is 0.566. The Morgan fingerprint density at radius 1 is 1.17 bits per heavy atom. The Kier molecular flexibility index (Phi) is 4.21. The topological polar surface area (TPSA) is 80.1 Å². The van der Waals surface area contributed by atoms with Crippen LogP contribution in [0.1, 0.15) is 11.1 Å². The molecule has 5 heteroatoms. The van der Waals surface area contributed by atoms with E-state index in [-0.39, 0.29) is 10.6 Å². The highest BCUT2D eigenvalue weighted by Crippen LogP contribution is 2.27. The first kappa shape index (κ1) is 15.4. The number of hydrogen-bond donors (Lipinski definition) is 2. The maximum absolute atomic E-state index is 12.8.